The number of nitrogens with zero attached hydrogens (tertiary/aromatic N) is 1. The molecule has 2 heteroatoms. The molecule has 0 fully saturated rings. The van der Waals surface area contributed by atoms with Crippen molar-refractivity contribution in [1.29, 1.82) is 0 Å². The molecule has 8 heavy (non-hydrogen) atoms. The van der Waals surface area contributed by atoms with E-state index in [0.29, 0.717) is 0 Å². The third-order valence-electron chi connectivity index (χ3n) is 0.581. The molecule has 0 amide bonds. The summed E-state index contributed by atoms with van der Waals surface area (Å²) in [5, 5.41) is 3.87. The molecule has 0 saturated heterocycles. The summed E-state index contributed by atoms with van der Waals surface area (Å²) < 4.78 is 0. The molecule has 0 aromatic rings. The maximum atomic E-state index is 3.87. The van der Waals surface area contributed by atoms with Crippen LogP contribution < -0.4 is 5.43 Å². The SMILES string of the molecule is CN/N=C/C(C)(C)C. The molecular weight excluding hydrogens is 100 g/mol. The molecule has 0 rings (SSSR count). The quantitative estimate of drug-likeness (QED) is 0.402. The van der Waals surface area contributed by atoms with E-state index in [1.165, 1.54) is 0 Å². The first-order valence-corrected chi connectivity index (χ1v) is 2.77. The molecule has 0 atom stereocenters. The van der Waals surface area contributed by atoms with Crippen LogP contribution in [0.15, 0.2) is 5.10 Å². The lowest BCUT2D eigenvalue weighted by Crippen LogP contribution is -2.09. The van der Waals surface area contributed by atoms with Gasteiger partial charge >= 0.3 is 0 Å². The fourth-order valence-corrected chi connectivity index (χ4v) is 0.258. The largest absolute Gasteiger partial charge is 0.313 e. The molecule has 0 aliphatic rings. The van der Waals surface area contributed by atoms with E-state index in [4.69, 9.17) is 0 Å². The fourth-order valence-electron chi connectivity index (χ4n) is 0.258. The van der Waals surface area contributed by atoms with Gasteiger partial charge in [-0.2, -0.15) is 5.10 Å². The van der Waals surface area contributed by atoms with Crippen molar-refractivity contribution in [2.75, 3.05) is 7.05 Å². The third-order valence-corrected chi connectivity index (χ3v) is 0.581. The van der Waals surface area contributed by atoms with E-state index < -0.39 is 0 Å². The van der Waals surface area contributed by atoms with Gasteiger partial charge in [0.15, 0.2) is 0 Å². The molecule has 0 unspecified atom stereocenters. The smallest absolute Gasteiger partial charge is 0.0296 e. The number of rotatable bonds is 1. The van der Waals surface area contributed by atoms with Crippen LogP contribution in [0.3, 0.4) is 0 Å². The van der Waals surface area contributed by atoms with Crippen LogP contribution in [-0.2, 0) is 0 Å². The molecule has 0 spiro atoms. The second-order valence-corrected chi connectivity index (χ2v) is 2.85. The van der Waals surface area contributed by atoms with E-state index >= 15 is 0 Å². The van der Waals surface area contributed by atoms with Crippen molar-refractivity contribution in [1.82, 2.24) is 5.43 Å². The van der Waals surface area contributed by atoms with Crippen molar-refractivity contribution in [3.63, 3.8) is 0 Å². The van der Waals surface area contributed by atoms with E-state index in [2.05, 4.69) is 31.3 Å². The normalized spacial score (nSPS) is 12.5. The zero-order valence-corrected chi connectivity index (χ0v) is 6.02. The summed E-state index contributed by atoms with van der Waals surface area (Å²) in [6, 6.07) is 0. The molecule has 0 aliphatic heterocycles. The van der Waals surface area contributed by atoms with Crippen molar-refractivity contribution in [3.8, 4) is 0 Å². The zero-order valence-electron chi connectivity index (χ0n) is 6.02. The molecule has 0 radical (unpaired) electrons. The Hall–Kier alpha value is -0.530. The number of hydrazone groups is 1. The number of hydrogen-bond acceptors (Lipinski definition) is 2. The van der Waals surface area contributed by atoms with Gasteiger partial charge in [0, 0.05) is 13.3 Å². The Morgan fingerprint density at radius 3 is 2.00 bits per heavy atom. The predicted octanol–water partition coefficient (Wildman–Crippen LogP) is 1.24. The Bertz CT molecular complexity index is 79.0. The minimum atomic E-state index is 0.197. The highest BCUT2D eigenvalue weighted by atomic mass is 15.3. The van der Waals surface area contributed by atoms with Gasteiger partial charge in [-0.1, -0.05) is 20.8 Å². The van der Waals surface area contributed by atoms with Crippen LogP contribution in [0.2, 0.25) is 0 Å². The summed E-state index contributed by atoms with van der Waals surface area (Å²) >= 11 is 0. The molecule has 2 nitrogen and oxygen atoms in total. The van der Waals surface area contributed by atoms with E-state index in [-0.39, 0.29) is 5.41 Å². The Labute approximate surface area is 51.0 Å². The topological polar surface area (TPSA) is 24.4 Å². The van der Waals surface area contributed by atoms with Gasteiger partial charge in [-0.05, 0) is 5.41 Å². The second-order valence-electron chi connectivity index (χ2n) is 2.85. The minimum absolute atomic E-state index is 0.197. The third kappa shape index (κ3) is 5.47. The monoisotopic (exact) mass is 114 g/mol. The number of nitrogens with one attached hydrogen (secondary N) is 1. The van der Waals surface area contributed by atoms with E-state index in [0.717, 1.165) is 0 Å². The second kappa shape index (κ2) is 2.70. The van der Waals surface area contributed by atoms with Gasteiger partial charge in [0.25, 0.3) is 0 Å². The van der Waals surface area contributed by atoms with Crippen LogP contribution in [0.5, 0.6) is 0 Å². The zero-order chi connectivity index (χ0) is 6.62. The van der Waals surface area contributed by atoms with Crippen molar-refractivity contribution >= 4 is 6.21 Å². The summed E-state index contributed by atoms with van der Waals surface area (Å²) in [5.41, 5.74) is 2.89. The van der Waals surface area contributed by atoms with Crippen LogP contribution in [0.4, 0.5) is 0 Å². The molecule has 48 valence electrons. The van der Waals surface area contributed by atoms with Crippen molar-refractivity contribution in [2.45, 2.75) is 20.8 Å². The summed E-state index contributed by atoms with van der Waals surface area (Å²) in [5.74, 6) is 0. The molecule has 0 saturated carbocycles. The van der Waals surface area contributed by atoms with Gasteiger partial charge < -0.3 is 5.43 Å². The molecule has 0 aliphatic carbocycles. The predicted molar refractivity (Wildman–Crippen MR) is 37.0 cm³/mol. The van der Waals surface area contributed by atoms with Crippen molar-refractivity contribution in [3.05, 3.63) is 0 Å². The standard InChI is InChI=1S/C6H14N2/c1-6(2,3)5-8-7-4/h5,7H,1-4H3/b8-5+. The fraction of sp³-hybridized carbons (Fsp3) is 0.833. The average Bonchev–Trinajstić information content (AvgIpc) is 1.59. The highest BCUT2D eigenvalue weighted by Crippen LogP contribution is 2.07. The van der Waals surface area contributed by atoms with Gasteiger partial charge in [0.05, 0.1) is 0 Å². The Morgan fingerprint density at radius 1 is 1.38 bits per heavy atom. The average molecular weight is 114 g/mol. The van der Waals surface area contributed by atoms with Crippen LogP contribution in [0, 0.1) is 5.41 Å². The van der Waals surface area contributed by atoms with Gasteiger partial charge in [-0.3, -0.25) is 0 Å². The van der Waals surface area contributed by atoms with Gasteiger partial charge in [0.2, 0.25) is 0 Å². The van der Waals surface area contributed by atoms with E-state index in [1.807, 2.05) is 6.21 Å². The van der Waals surface area contributed by atoms with Crippen LogP contribution in [-0.4, -0.2) is 13.3 Å². The first kappa shape index (κ1) is 7.47. The Balaban J connectivity index is 3.52. The minimum Gasteiger partial charge on any atom is -0.313 e. The van der Waals surface area contributed by atoms with E-state index in [1.54, 1.807) is 7.05 Å². The molecule has 0 heterocycles. The van der Waals surface area contributed by atoms with Crippen LogP contribution >= 0.6 is 0 Å². The van der Waals surface area contributed by atoms with Crippen LogP contribution in [0.25, 0.3) is 0 Å². The lowest BCUT2D eigenvalue weighted by atomic mass is 9.99. The summed E-state index contributed by atoms with van der Waals surface area (Å²) in [6.45, 7) is 6.32. The van der Waals surface area contributed by atoms with Crippen LogP contribution in [0.1, 0.15) is 20.8 Å². The van der Waals surface area contributed by atoms with Crippen molar-refractivity contribution in [2.24, 2.45) is 10.5 Å². The first-order valence-electron chi connectivity index (χ1n) is 2.77. The maximum absolute atomic E-state index is 3.87. The Morgan fingerprint density at radius 2 is 1.88 bits per heavy atom. The summed E-state index contributed by atoms with van der Waals surface area (Å²) in [6.07, 6.45) is 1.88. The number of hydrogen-bond donors (Lipinski definition) is 1. The maximum Gasteiger partial charge on any atom is 0.0296 e. The lowest BCUT2D eigenvalue weighted by molar-refractivity contribution is 0.600. The molecular formula is C6H14N2. The Kier molecular flexibility index (Phi) is 2.52. The van der Waals surface area contributed by atoms with Gasteiger partial charge in [-0.15, -0.1) is 0 Å². The molecule has 1 N–H and O–H groups in total. The van der Waals surface area contributed by atoms with Gasteiger partial charge in [0.1, 0.15) is 0 Å². The van der Waals surface area contributed by atoms with Crippen molar-refractivity contribution < 1.29 is 0 Å². The summed E-state index contributed by atoms with van der Waals surface area (Å²) in [7, 11) is 1.79. The molecule has 0 bridgehead atoms. The highest BCUT2D eigenvalue weighted by molar-refractivity contribution is 5.63. The molecule has 0 aromatic carbocycles. The van der Waals surface area contributed by atoms with E-state index in [9.17, 15) is 0 Å². The van der Waals surface area contributed by atoms with Gasteiger partial charge in [-0.25, -0.2) is 0 Å². The lowest BCUT2D eigenvalue weighted by Gasteiger charge is -2.08. The highest BCUT2D eigenvalue weighted by Gasteiger charge is 2.03. The molecule has 0 aromatic heterocycles. The summed E-state index contributed by atoms with van der Waals surface area (Å²) in [4.78, 5) is 0. The first-order chi connectivity index (χ1) is 3.56.